The zero-order valence-corrected chi connectivity index (χ0v) is 11.9. The molecule has 0 saturated heterocycles. The minimum atomic E-state index is 0.231. The van der Waals surface area contributed by atoms with E-state index in [1.807, 2.05) is 12.1 Å². The predicted molar refractivity (Wildman–Crippen MR) is 75.3 cm³/mol. The molecule has 0 aromatic heterocycles. The summed E-state index contributed by atoms with van der Waals surface area (Å²) in [5, 5.41) is 0.785. The van der Waals surface area contributed by atoms with Gasteiger partial charge in [0.1, 0.15) is 0 Å². The highest BCUT2D eigenvalue weighted by atomic mass is 35.5. The van der Waals surface area contributed by atoms with Gasteiger partial charge in [-0.15, -0.1) is 0 Å². The first-order valence-electron chi connectivity index (χ1n) is 6.13. The molecule has 3 atom stereocenters. The van der Waals surface area contributed by atoms with Gasteiger partial charge in [-0.2, -0.15) is 0 Å². The van der Waals surface area contributed by atoms with Crippen molar-refractivity contribution in [2.45, 2.75) is 32.9 Å². The second-order valence-electron chi connectivity index (χ2n) is 5.00. The van der Waals surface area contributed by atoms with Crippen LogP contribution in [0.15, 0.2) is 24.3 Å². The Kier molecular flexibility index (Phi) is 5.44. The van der Waals surface area contributed by atoms with Gasteiger partial charge in [-0.1, -0.05) is 30.7 Å². The summed E-state index contributed by atoms with van der Waals surface area (Å²) < 4.78 is 0. The van der Waals surface area contributed by atoms with Crippen LogP contribution >= 0.6 is 11.6 Å². The lowest BCUT2D eigenvalue weighted by molar-refractivity contribution is 0.215. The molecule has 0 fully saturated rings. The highest BCUT2D eigenvalue weighted by Crippen LogP contribution is 2.21. The van der Waals surface area contributed by atoms with Gasteiger partial charge in [0.15, 0.2) is 0 Å². The lowest BCUT2D eigenvalue weighted by atomic mass is 10.0. The van der Waals surface area contributed by atoms with E-state index < -0.39 is 0 Å². The molecule has 1 aromatic rings. The summed E-state index contributed by atoms with van der Waals surface area (Å²) in [6.45, 7) is 7.46. The first-order valence-corrected chi connectivity index (χ1v) is 6.51. The van der Waals surface area contributed by atoms with Crippen molar-refractivity contribution in [1.29, 1.82) is 0 Å². The molecular formula is C14H23ClN2. The van der Waals surface area contributed by atoms with E-state index in [-0.39, 0.29) is 6.04 Å². The van der Waals surface area contributed by atoms with Crippen LogP contribution in [-0.2, 0) is 0 Å². The van der Waals surface area contributed by atoms with Crippen LogP contribution in [0.1, 0.15) is 32.4 Å². The molecule has 1 aromatic carbocycles. The average molecular weight is 255 g/mol. The van der Waals surface area contributed by atoms with Gasteiger partial charge in [0.2, 0.25) is 0 Å². The molecule has 0 radical (unpaired) electrons. The highest BCUT2D eigenvalue weighted by Gasteiger charge is 2.16. The molecule has 0 bridgehead atoms. The minimum absolute atomic E-state index is 0.231. The molecule has 0 aliphatic carbocycles. The number of hydrogen-bond acceptors (Lipinski definition) is 2. The van der Waals surface area contributed by atoms with Crippen LogP contribution in [0.5, 0.6) is 0 Å². The Balaban J connectivity index is 2.63. The molecule has 0 heterocycles. The van der Waals surface area contributed by atoms with Gasteiger partial charge in [0.25, 0.3) is 0 Å². The maximum atomic E-state index is 5.90. The molecule has 1 rings (SSSR count). The van der Waals surface area contributed by atoms with Crippen molar-refractivity contribution >= 4 is 11.6 Å². The molecule has 2 nitrogen and oxygen atoms in total. The van der Waals surface area contributed by atoms with Crippen LogP contribution in [-0.4, -0.2) is 24.5 Å². The number of hydrogen-bond donors (Lipinski definition) is 1. The quantitative estimate of drug-likeness (QED) is 0.874. The molecule has 2 N–H and O–H groups in total. The number of rotatable bonds is 5. The van der Waals surface area contributed by atoms with Crippen molar-refractivity contribution in [1.82, 2.24) is 4.90 Å². The summed E-state index contributed by atoms with van der Waals surface area (Å²) in [5.41, 5.74) is 7.18. The zero-order valence-electron chi connectivity index (χ0n) is 11.2. The monoisotopic (exact) mass is 254 g/mol. The summed E-state index contributed by atoms with van der Waals surface area (Å²) >= 11 is 5.89. The predicted octanol–water partition coefficient (Wildman–Crippen LogP) is 3.32. The molecule has 3 unspecified atom stereocenters. The van der Waals surface area contributed by atoms with Crippen LogP contribution in [0.3, 0.4) is 0 Å². The van der Waals surface area contributed by atoms with E-state index in [4.69, 9.17) is 17.3 Å². The van der Waals surface area contributed by atoms with E-state index >= 15 is 0 Å². The van der Waals surface area contributed by atoms with Gasteiger partial charge < -0.3 is 5.73 Å². The molecule has 96 valence electrons. The first kappa shape index (κ1) is 14.5. The lowest BCUT2D eigenvalue weighted by Crippen LogP contribution is -2.35. The Bertz CT molecular complexity index is 335. The van der Waals surface area contributed by atoms with Crippen molar-refractivity contribution in [3.63, 3.8) is 0 Å². The third-order valence-corrected chi connectivity index (χ3v) is 3.74. The Labute approximate surface area is 110 Å². The largest absolute Gasteiger partial charge is 0.328 e. The fourth-order valence-corrected chi connectivity index (χ4v) is 1.90. The SMILES string of the molecule is CC(N)C(C)CN(C)C(C)c1ccc(Cl)cc1. The van der Waals surface area contributed by atoms with E-state index in [1.54, 1.807) is 0 Å². The number of halogens is 1. The Hall–Kier alpha value is -0.570. The molecule has 0 aliphatic rings. The van der Waals surface area contributed by atoms with Crippen LogP contribution in [0, 0.1) is 5.92 Å². The van der Waals surface area contributed by atoms with Crippen LogP contribution in [0.2, 0.25) is 5.02 Å². The minimum Gasteiger partial charge on any atom is -0.328 e. The van der Waals surface area contributed by atoms with Crippen molar-refractivity contribution in [2.75, 3.05) is 13.6 Å². The normalized spacial score (nSPS) is 16.9. The fraction of sp³-hybridized carbons (Fsp3) is 0.571. The number of nitrogens with zero attached hydrogens (tertiary/aromatic N) is 1. The average Bonchev–Trinajstić information content (AvgIpc) is 2.28. The maximum absolute atomic E-state index is 5.90. The molecule has 0 saturated carbocycles. The lowest BCUT2D eigenvalue weighted by Gasteiger charge is -2.29. The summed E-state index contributed by atoms with van der Waals surface area (Å²) in [4.78, 5) is 2.33. The number of nitrogens with two attached hydrogens (primary N) is 1. The Morgan fingerprint density at radius 2 is 1.71 bits per heavy atom. The maximum Gasteiger partial charge on any atom is 0.0406 e. The van der Waals surface area contributed by atoms with Gasteiger partial charge in [0, 0.05) is 23.7 Å². The molecule has 0 amide bonds. The van der Waals surface area contributed by atoms with Gasteiger partial charge in [-0.3, -0.25) is 4.90 Å². The smallest absolute Gasteiger partial charge is 0.0406 e. The highest BCUT2D eigenvalue weighted by molar-refractivity contribution is 6.30. The van der Waals surface area contributed by atoms with Crippen LogP contribution in [0.25, 0.3) is 0 Å². The third kappa shape index (κ3) is 4.30. The van der Waals surface area contributed by atoms with Crippen molar-refractivity contribution in [2.24, 2.45) is 11.7 Å². The van der Waals surface area contributed by atoms with Crippen LogP contribution < -0.4 is 5.73 Å². The standard InChI is InChI=1S/C14H23ClN2/c1-10(11(2)16)9-17(4)12(3)13-5-7-14(15)8-6-13/h5-8,10-12H,9,16H2,1-4H3. The van der Waals surface area contributed by atoms with E-state index in [0.29, 0.717) is 12.0 Å². The van der Waals surface area contributed by atoms with E-state index in [0.717, 1.165) is 11.6 Å². The second kappa shape index (κ2) is 6.39. The zero-order chi connectivity index (χ0) is 13.0. The summed E-state index contributed by atoms with van der Waals surface area (Å²) in [6.07, 6.45) is 0. The summed E-state index contributed by atoms with van der Waals surface area (Å²) in [5.74, 6) is 0.495. The molecule has 0 aliphatic heterocycles. The van der Waals surface area contributed by atoms with Crippen molar-refractivity contribution < 1.29 is 0 Å². The topological polar surface area (TPSA) is 29.3 Å². The summed E-state index contributed by atoms with van der Waals surface area (Å²) in [7, 11) is 2.14. The van der Waals surface area contributed by atoms with E-state index in [2.05, 4.69) is 44.9 Å². The van der Waals surface area contributed by atoms with Gasteiger partial charge in [-0.25, -0.2) is 0 Å². The van der Waals surface area contributed by atoms with Gasteiger partial charge in [-0.05, 0) is 44.5 Å². The molecule has 3 heteroatoms. The van der Waals surface area contributed by atoms with Crippen LogP contribution in [0.4, 0.5) is 0 Å². The summed E-state index contributed by atoms with van der Waals surface area (Å²) in [6, 6.07) is 8.66. The Morgan fingerprint density at radius 3 is 2.18 bits per heavy atom. The van der Waals surface area contributed by atoms with Crippen molar-refractivity contribution in [3.05, 3.63) is 34.9 Å². The molecule has 17 heavy (non-hydrogen) atoms. The second-order valence-corrected chi connectivity index (χ2v) is 5.44. The molecule has 0 spiro atoms. The van der Waals surface area contributed by atoms with Crippen molar-refractivity contribution in [3.8, 4) is 0 Å². The Morgan fingerprint density at radius 1 is 1.18 bits per heavy atom. The van der Waals surface area contributed by atoms with Gasteiger partial charge >= 0.3 is 0 Å². The molecular weight excluding hydrogens is 232 g/mol. The third-order valence-electron chi connectivity index (χ3n) is 3.49. The number of benzene rings is 1. The fourth-order valence-electron chi connectivity index (χ4n) is 1.77. The first-order chi connectivity index (χ1) is 7.91. The van der Waals surface area contributed by atoms with E-state index in [9.17, 15) is 0 Å². The van der Waals surface area contributed by atoms with E-state index in [1.165, 1.54) is 5.56 Å². The van der Waals surface area contributed by atoms with Gasteiger partial charge in [0.05, 0.1) is 0 Å².